The van der Waals surface area contributed by atoms with Gasteiger partial charge in [-0.15, -0.1) is 0 Å². The van der Waals surface area contributed by atoms with Crippen LogP contribution in [0, 0.1) is 46.3 Å². The zero-order valence-corrected chi connectivity index (χ0v) is 18.0. The summed E-state index contributed by atoms with van der Waals surface area (Å²) >= 11 is 2.61. The summed E-state index contributed by atoms with van der Waals surface area (Å²) in [6.07, 6.45) is 12.6. The number of rotatable bonds is 2. The molecule has 0 saturated heterocycles. The molecule has 2 heteroatoms. The van der Waals surface area contributed by atoms with Gasteiger partial charge in [0.2, 0.25) is 0 Å². The van der Waals surface area contributed by atoms with Gasteiger partial charge in [-0.3, -0.25) is 4.79 Å². The summed E-state index contributed by atoms with van der Waals surface area (Å²) < 4.78 is 1.36. The third-order valence-corrected chi connectivity index (χ3v) is 10.7. The van der Waals surface area contributed by atoms with E-state index >= 15 is 0 Å². The van der Waals surface area contributed by atoms with Crippen LogP contribution in [0.25, 0.3) is 0 Å². The maximum atomic E-state index is 12.2. The molecule has 0 spiro atoms. The molecule has 4 fully saturated rings. The highest BCUT2D eigenvalue weighted by atomic mass is 127. The third-order valence-electron chi connectivity index (χ3n) is 9.48. The Kier molecular flexibility index (Phi) is 4.62. The van der Waals surface area contributed by atoms with Crippen molar-refractivity contribution < 1.29 is 4.79 Å². The van der Waals surface area contributed by atoms with Gasteiger partial charge in [-0.25, -0.2) is 0 Å². The zero-order chi connectivity index (χ0) is 17.1. The monoisotopic (exact) mass is 442 g/mol. The molecule has 136 valence electrons. The Labute approximate surface area is 162 Å². The van der Waals surface area contributed by atoms with Crippen molar-refractivity contribution in [1.29, 1.82) is 0 Å². The largest absolute Gasteiger partial charge is 0.300 e. The van der Waals surface area contributed by atoms with Crippen LogP contribution in [-0.4, -0.2) is 10.2 Å². The molecule has 0 radical (unpaired) electrons. The Morgan fingerprint density at radius 1 is 0.958 bits per heavy atom. The fourth-order valence-electron chi connectivity index (χ4n) is 8.15. The second kappa shape index (κ2) is 6.23. The Hall–Kier alpha value is 0.400. The Morgan fingerprint density at radius 3 is 2.38 bits per heavy atom. The predicted molar refractivity (Wildman–Crippen MR) is 108 cm³/mol. The minimum Gasteiger partial charge on any atom is -0.300 e. The number of Topliss-reactive ketones (excluding diaryl/α,β-unsaturated/α-hetero) is 1. The molecule has 8 atom stereocenters. The molecule has 4 rings (SSSR count). The van der Waals surface area contributed by atoms with Gasteiger partial charge in [0.05, 0.1) is 0 Å². The average Bonchev–Trinajstić information content (AvgIpc) is 2.91. The van der Waals surface area contributed by atoms with Crippen LogP contribution in [0.5, 0.6) is 0 Å². The van der Waals surface area contributed by atoms with Gasteiger partial charge in [-0.05, 0) is 105 Å². The first-order chi connectivity index (χ1) is 11.4. The molecule has 0 aliphatic heterocycles. The Balaban J connectivity index is 1.59. The van der Waals surface area contributed by atoms with Crippen LogP contribution in [0.4, 0.5) is 0 Å². The van der Waals surface area contributed by atoms with Gasteiger partial charge < -0.3 is 0 Å². The van der Waals surface area contributed by atoms with Crippen LogP contribution in [0.15, 0.2) is 0 Å². The minimum absolute atomic E-state index is 0.329. The van der Waals surface area contributed by atoms with Gasteiger partial charge in [0, 0.05) is 10.3 Å². The molecule has 1 unspecified atom stereocenters. The van der Waals surface area contributed by atoms with Crippen LogP contribution in [-0.2, 0) is 4.79 Å². The molecule has 0 aromatic heterocycles. The van der Waals surface area contributed by atoms with Gasteiger partial charge in [0.1, 0.15) is 5.78 Å². The highest BCUT2D eigenvalue weighted by Crippen LogP contribution is 2.67. The van der Waals surface area contributed by atoms with Crippen LogP contribution < -0.4 is 0 Å². The second-order valence-electron chi connectivity index (χ2n) is 10.2. The second-order valence-corrected chi connectivity index (χ2v) is 11.1. The molecular formula is C22H35IO. The highest BCUT2D eigenvalue weighted by Gasteiger charge is 2.60. The molecular weight excluding hydrogens is 407 g/mol. The molecule has 0 amide bonds. The molecule has 0 aromatic carbocycles. The summed E-state index contributed by atoms with van der Waals surface area (Å²) in [6.45, 7) is 7.00. The molecule has 0 bridgehead atoms. The first-order valence-electron chi connectivity index (χ1n) is 10.5. The van der Waals surface area contributed by atoms with Gasteiger partial charge >= 0.3 is 0 Å². The summed E-state index contributed by atoms with van der Waals surface area (Å²) in [7, 11) is 0. The number of halogens is 1. The van der Waals surface area contributed by atoms with E-state index in [1.165, 1.54) is 62.2 Å². The van der Waals surface area contributed by atoms with E-state index in [1.54, 1.807) is 0 Å². The highest BCUT2D eigenvalue weighted by molar-refractivity contribution is 14.1. The Morgan fingerprint density at radius 2 is 1.67 bits per heavy atom. The number of carbonyl (C=O) groups is 1. The van der Waals surface area contributed by atoms with Crippen LogP contribution in [0.3, 0.4) is 0 Å². The van der Waals surface area contributed by atoms with Crippen molar-refractivity contribution in [2.45, 2.75) is 78.6 Å². The molecule has 0 N–H and O–H groups in total. The zero-order valence-electron chi connectivity index (χ0n) is 15.8. The van der Waals surface area contributed by atoms with E-state index in [4.69, 9.17) is 0 Å². The summed E-state index contributed by atoms with van der Waals surface area (Å²) in [5.41, 5.74) is 0.941. The normalized spacial score (nSPS) is 53.8. The van der Waals surface area contributed by atoms with E-state index < -0.39 is 0 Å². The number of alkyl halides is 1. The minimum atomic E-state index is 0.329. The van der Waals surface area contributed by atoms with Crippen molar-refractivity contribution in [3.63, 3.8) is 0 Å². The van der Waals surface area contributed by atoms with Gasteiger partial charge in [0.25, 0.3) is 0 Å². The van der Waals surface area contributed by atoms with E-state index in [0.717, 1.165) is 29.6 Å². The number of hydrogen-bond acceptors (Lipinski definition) is 1. The first-order valence-corrected chi connectivity index (χ1v) is 12.0. The number of ketones is 1. The first kappa shape index (κ1) is 17.8. The van der Waals surface area contributed by atoms with Gasteiger partial charge in [-0.1, -0.05) is 36.4 Å². The van der Waals surface area contributed by atoms with E-state index in [0.29, 0.717) is 22.5 Å². The van der Waals surface area contributed by atoms with Crippen molar-refractivity contribution in [2.24, 2.45) is 46.3 Å². The summed E-state index contributed by atoms with van der Waals surface area (Å²) in [4.78, 5) is 12.2. The molecule has 1 nitrogen and oxygen atoms in total. The van der Waals surface area contributed by atoms with E-state index in [9.17, 15) is 4.79 Å². The lowest BCUT2D eigenvalue weighted by Gasteiger charge is -2.61. The lowest BCUT2D eigenvalue weighted by atomic mass is 9.44. The summed E-state index contributed by atoms with van der Waals surface area (Å²) in [5.74, 6) is 5.53. The third kappa shape index (κ3) is 2.47. The fraction of sp³-hybridized carbons (Fsp3) is 0.955. The summed E-state index contributed by atoms with van der Waals surface area (Å²) in [5, 5.41) is 0. The molecule has 0 heterocycles. The van der Waals surface area contributed by atoms with E-state index in [1.807, 2.05) is 6.92 Å². The Bertz CT molecular complexity index is 516. The number of carbonyl (C=O) groups excluding carboxylic acids is 1. The van der Waals surface area contributed by atoms with Crippen LogP contribution in [0.1, 0.15) is 78.6 Å². The fourth-order valence-corrected chi connectivity index (χ4v) is 8.95. The van der Waals surface area contributed by atoms with Crippen LogP contribution >= 0.6 is 22.6 Å². The van der Waals surface area contributed by atoms with Crippen LogP contribution in [0.2, 0.25) is 0 Å². The quantitative estimate of drug-likeness (QED) is 0.363. The maximum absolute atomic E-state index is 12.2. The van der Waals surface area contributed by atoms with Gasteiger partial charge in [-0.2, -0.15) is 0 Å². The van der Waals surface area contributed by atoms with Crippen molar-refractivity contribution in [2.75, 3.05) is 4.43 Å². The lowest BCUT2D eigenvalue weighted by Crippen LogP contribution is -2.53. The molecule has 0 aromatic rings. The SMILES string of the molecule is CC(=O)[C@H]1CC[C@H]2[C@@H]3CC[C@H]4CC(CI)CC[C@]4(C)[C@H]3CC[C@]12C. The standard InChI is InChI=1S/C22H35IO/c1-14(24)18-6-7-19-17-5-4-16-12-15(13-23)8-10-21(16,2)20(17)9-11-22(18,19)3/h15-20H,4-13H2,1-3H3/t15?,16-,17-,18+,19-,20-,21-,22+/m0/s1. The lowest BCUT2D eigenvalue weighted by molar-refractivity contribution is -0.134. The number of fused-ring (bicyclic) bond motifs is 5. The van der Waals surface area contributed by atoms with Crippen molar-refractivity contribution in [1.82, 2.24) is 0 Å². The number of hydrogen-bond donors (Lipinski definition) is 0. The molecule has 4 saturated carbocycles. The van der Waals surface area contributed by atoms with Gasteiger partial charge in [0.15, 0.2) is 0 Å². The average molecular weight is 442 g/mol. The van der Waals surface area contributed by atoms with Crippen molar-refractivity contribution in [3.05, 3.63) is 0 Å². The smallest absolute Gasteiger partial charge is 0.133 e. The molecule has 24 heavy (non-hydrogen) atoms. The maximum Gasteiger partial charge on any atom is 0.133 e. The predicted octanol–water partition coefficient (Wildman–Crippen LogP) is 6.29. The molecule has 4 aliphatic rings. The molecule has 4 aliphatic carbocycles. The van der Waals surface area contributed by atoms with E-state index in [-0.39, 0.29) is 0 Å². The topological polar surface area (TPSA) is 17.1 Å². The van der Waals surface area contributed by atoms with Crippen molar-refractivity contribution in [3.8, 4) is 0 Å². The van der Waals surface area contributed by atoms with Crippen molar-refractivity contribution >= 4 is 28.4 Å². The van der Waals surface area contributed by atoms with E-state index in [2.05, 4.69) is 36.4 Å². The summed E-state index contributed by atoms with van der Waals surface area (Å²) in [6, 6.07) is 0.